The zero-order valence-corrected chi connectivity index (χ0v) is 9.24. The summed E-state index contributed by atoms with van der Waals surface area (Å²) >= 11 is 4.89. The first-order valence-corrected chi connectivity index (χ1v) is 4.91. The van der Waals surface area contributed by atoms with Gasteiger partial charge in [0.05, 0.1) is 12.1 Å². The van der Waals surface area contributed by atoms with Gasteiger partial charge < -0.3 is 15.4 Å². The Bertz CT molecular complexity index is 355. The smallest absolute Gasteiger partial charge is 0.337 e. The van der Waals surface area contributed by atoms with Gasteiger partial charge in [-0.1, -0.05) is 0 Å². The monoisotopic (exact) mass is 224 g/mol. The molecule has 0 unspecified atom stereocenters. The van der Waals surface area contributed by atoms with E-state index >= 15 is 0 Å². The molecule has 0 aromatic rings. The number of carbonyl (C=O) groups excluding carboxylic acids is 1. The molecular formula is C10H12N2O2S. The number of thiocarbonyl (C=S) groups is 1. The van der Waals surface area contributed by atoms with Gasteiger partial charge in [-0.3, -0.25) is 0 Å². The van der Waals surface area contributed by atoms with Crippen LogP contribution in [0.15, 0.2) is 11.3 Å². The average Bonchev–Trinajstić information content (AvgIpc) is 2.17. The fraction of sp³-hybridized carbons (Fsp3) is 0.400. The molecule has 1 aliphatic heterocycles. The number of terminal acetylenes is 1. The molecule has 0 aliphatic carbocycles. The lowest BCUT2D eigenvalue weighted by Gasteiger charge is -2.20. The maximum atomic E-state index is 11.5. The molecule has 0 spiro atoms. The number of carbonyl (C=O) groups is 1. The molecule has 80 valence electrons. The number of rotatable bonds is 3. The van der Waals surface area contributed by atoms with E-state index in [1.165, 1.54) is 0 Å². The Labute approximate surface area is 94.1 Å². The molecule has 0 aromatic carbocycles. The van der Waals surface area contributed by atoms with Crippen LogP contribution in [0.25, 0.3) is 0 Å². The molecule has 0 amide bonds. The van der Waals surface area contributed by atoms with Gasteiger partial charge in [-0.2, -0.15) is 0 Å². The van der Waals surface area contributed by atoms with E-state index < -0.39 is 0 Å². The van der Waals surface area contributed by atoms with Gasteiger partial charge in [-0.25, -0.2) is 4.79 Å². The highest BCUT2D eigenvalue weighted by Gasteiger charge is 2.19. The lowest BCUT2D eigenvalue weighted by molar-refractivity contribution is -0.139. The van der Waals surface area contributed by atoms with Crippen molar-refractivity contribution in [2.45, 2.75) is 13.3 Å². The van der Waals surface area contributed by atoms with Gasteiger partial charge in [0.2, 0.25) is 0 Å². The van der Waals surface area contributed by atoms with E-state index in [9.17, 15) is 4.79 Å². The molecule has 0 saturated carbocycles. The Morgan fingerprint density at radius 1 is 1.73 bits per heavy atom. The van der Waals surface area contributed by atoms with Gasteiger partial charge in [0.1, 0.15) is 6.61 Å². The van der Waals surface area contributed by atoms with Gasteiger partial charge in [0.25, 0.3) is 0 Å². The predicted molar refractivity (Wildman–Crippen MR) is 60.8 cm³/mol. The van der Waals surface area contributed by atoms with Crippen LogP contribution >= 0.6 is 12.2 Å². The normalized spacial score (nSPS) is 15.1. The zero-order valence-electron chi connectivity index (χ0n) is 8.42. The third-order valence-electron chi connectivity index (χ3n) is 1.91. The third kappa shape index (κ3) is 3.26. The van der Waals surface area contributed by atoms with Crippen molar-refractivity contribution in [1.82, 2.24) is 10.6 Å². The summed E-state index contributed by atoms with van der Waals surface area (Å²) in [6, 6.07) is 0. The molecule has 1 aliphatic rings. The summed E-state index contributed by atoms with van der Waals surface area (Å²) < 4.78 is 4.96. The van der Waals surface area contributed by atoms with Gasteiger partial charge in [0, 0.05) is 12.1 Å². The molecule has 2 N–H and O–H groups in total. The van der Waals surface area contributed by atoms with Crippen molar-refractivity contribution in [3.8, 4) is 12.3 Å². The summed E-state index contributed by atoms with van der Waals surface area (Å²) in [7, 11) is 0. The lowest BCUT2D eigenvalue weighted by Crippen LogP contribution is -2.42. The Balaban J connectivity index is 2.56. The second-order valence-electron chi connectivity index (χ2n) is 3.00. The van der Waals surface area contributed by atoms with Crippen molar-refractivity contribution in [3.05, 3.63) is 11.3 Å². The van der Waals surface area contributed by atoms with Crippen molar-refractivity contribution in [3.63, 3.8) is 0 Å². The van der Waals surface area contributed by atoms with Gasteiger partial charge in [0.15, 0.2) is 5.11 Å². The summed E-state index contributed by atoms with van der Waals surface area (Å²) in [6.07, 6.45) is 5.47. The topological polar surface area (TPSA) is 50.4 Å². The van der Waals surface area contributed by atoms with Crippen LogP contribution in [-0.4, -0.2) is 24.2 Å². The number of hydrogen-bond acceptors (Lipinski definition) is 3. The fourth-order valence-electron chi connectivity index (χ4n) is 1.11. The second kappa shape index (κ2) is 5.37. The molecule has 1 rings (SSSR count). The molecule has 4 nitrogen and oxygen atoms in total. The summed E-state index contributed by atoms with van der Waals surface area (Å²) in [4.78, 5) is 11.5. The summed E-state index contributed by atoms with van der Waals surface area (Å²) in [5.41, 5.74) is 1.28. The molecule has 15 heavy (non-hydrogen) atoms. The van der Waals surface area contributed by atoms with Crippen LogP contribution in [-0.2, 0) is 9.53 Å². The van der Waals surface area contributed by atoms with E-state index in [4.69, 9.17) is 23.4 Å². The first kappa shape index (κ1) is 11.5. The van der Waals surface area contributed by atoms with Crippen molar-refractivity contribution in [2.75, 3.05) is 13.2 Å². The quantitative estimate of drug-likeness (QED) is 0.313. The van der Waals surface area contributed by atoms with Gasteiger partial charge >= 0.3 is 5.97 Å². The Kier molecular flexibility index (Phi) is 4.13. The Hall–Kier alpha value is -1.54. The molecule has 0 radical (unpaired) electrons. The minimum absolute atomic E-state index is 0.247. The van der Waals surface area contributed by atoms with Crippen LogP contribution in [0.3, 0.4) is 0 Å². The molecule has 0 saturated heterocycles. The van der Waals surface area contributed by atoms with Crippen molar-refractivity contribution in [1.29, 1.82) is 0 Å². The van der Waals surface area contributed by atoms with Crippen molar-refractivity contribution in [2.24, 2.45) is 0 Å². The van der Waals surface area contributed by atoms with Crippen LogP contribution < -0.4 is 10.6 Å². The highest BCUT2D eigenvalue weighted by Crippen LogP contribution is 2.06. The van der Waals surface area contributed by atoms with Crippen molar-refractivity contribution >= 4 is 23.3 Å². The largest absolute Gasteiger partial charge is 0.461 e. The number of nitrogens with one attached hydrogen (secondary N) is 2. The zero-order chi connectivity index (χ0) is 11.3. The predicted octanol–water partition coefficient (Wildman–Crippen LogP) is 0.305. The number of hydrogen-bond donors (Lipinski definition) is 2. The minimum Gasteiger partial charge on any atom is -0.461 e. The van der Waals surface area contributed by atoms with Gasteiger partial charge in [-0.05, 0) is 19.1 Å². The van der Waals surface area contributed by atoms with E-state index in [-0.39, 0.29) is 12.6 Å². The molecular weight excluding hydrogens is 212 g/mol. The van der Waals surface area contributed by atoms with E-state index in [1.807, 2.05) is 0 Å². The van der Waals surface area contributed by atoms with Crippen LogP contribution in [0.4, 0.5) is 0 Å². The van der Waals surface area contributed by atoms with E-state index in [1.54, 1.807) is 6.92 Å². The fourth-order valence-corrected chi connectivity index (χ4v) is 1.33. The van der Waals surface area contributed by atoms with E-state index in [0.717, 1.165) is 5.70 Å². The standard InChI is InChI=1S/C10H12N2O2S/c1-3-4-5-14-9(13)8-6-11-10(15)12-7(8)2/h1H,4-6H2,2H3,(H2,11,12,15). The molecule has 1 heterocycles. The SMILES string of the molecule is C#CCCOC(=O)C1=C(C)NC(=S)NC1. The van der Waals surface area contributed by atoms with Gasteiger partial charge in [-0.15, -0.1) is 12.3 Å². The highest BCUT2D eigenvalue weighted by atomic mass is 32.1. The first-order valence-electron chi connectivity index (χ1n) is 4.50. The van der Waals surface area contributed by atoms with E-state index in [0.29, 0.717) is 23.7 Å². The lowest BCUT2D eigenvalue weighted by atomic mass is 10.2. The average molecular weight is 224 g/mol. The molecule has 0 atom stereocenters. The van der Waals surface area contributed by atoms with Crippen LogP contribution in [0.5, 0.6) is 0 Å². The van der Waals surface area contributed by atoms with Crippen LogP contribution in [0, 0.1) is 12.3 Å². The summed E-state index contributed by atoms with van der Waals surface area (Å²) in [6.45, 7) is 2.42. The maximum absolute atomic E-state index is 11.5. The summed E-state index contributed by atoms with van der Waals surface area (Å²) in [5.74, 6) is 2.04. The maximum Gasteiger partial charge on any atom is 0.337 e. The first-order chi connectivity index (χ1) is 7.15. The second-order valence-corrected chi connectivity index (χ2v) is 3.41. The van der Waals surface area contributed by atoms with Crippen LogP contribution in [0.2, 0.25) is 0 Å². The Morgan fingerprint density at radius 3 is 3.07 bits per heavy atom. The molecule has 5 heteroatoms. The number of ether oxygens (including phenoxy) is 1. The number of esters is 1. The Morgan fingerprint density at radius 2 is 2.47 bits per heavy atom. The molecule has 0 bridgehead atoms. The van der Waals surface area contributed by atoms with E-state index in [2.05, 4.69) is 16.6 Å². The third-order valence-corrected chi connectivity index (χ3v) is 2.15. The van der Waals surface area contributed by atoms with Crippen LogP contribution in [0.1, 0.15) is 13.3 Å². The summed E-state index contributed by atoms with van der Waals surface area (Å²) in [5, 5.41) is 6.24. The molecule has 0 aromatic heterocycles. The minimum atomic E-state index is -0.356. The molecule has 0 fully saturated rings. The highest BCUT2D eigenvalue weighted by molar-refractivity contribution is 7.80. The van der Waals surface area contributed by atoms with Crippen molar-refractivity contribution < 1.29 is 9.53 Å². The number of allylic oxidation sites excluding steroid dienone is 1.